The molecule has 1 amide bonds. The maximum absolute atomic E-state index is 11.5. The highest BCUT2D eigenvalue weighted by Crippen LogP contribution is 2.49. The molecule has 1 N–H and O–H groups in total. The first-order valence-electron chi connectivity index (χ1n) is 7.32. The van der Waals surface area contributed by atoms with E-state index >= 15 is 0 Å². The molecule has 4 rings (SSSR count). The summed E-state index contributed by atoms with van der Waals surface area (Å²) in [6, 6.07) is 10.1. The third kappa shape index (κ3) is 1.97. The molecule has 0 bridgehead atoms. The predicted octanol–water partition coefficient (Wildman–Crippen LogP) is 3.35. The fraction of sp³-hybridized carbons (Fsp3) is 0.375. The quantitative estimate of drug-likeness (QED) is 0.924. The lowest BCUT2D eigenvalue weighted by Crippen LogP contribution is -2.36. The number of fused-ring (bicyclic) bond motifs is 1. The number of anilines is 1. The molecule has 21 heavy (non-hydrogen) atoms. The van der Waals surface area contributed by atoms with E-state index in [1.165, 1.54) is 12.0 Å². The van der Waals surface area contributed by atoms with Crippen molar-refractivity contribution in [3.05, 3.63) is 46.6 Å². The zero-order valence-corrected chi connectivity index (χ0v) is 12.4. The number of carbonyl (C=O) groups excluding carboxylic acids is 1. The molecule has 0 radical (unpaired) electrons. The average Bonchev–Trinajstić information content (AvgIpc) is 2.82. The summed E-state index contributed by atoms with van der Waals surface area (Å²) in [5, 5.41) is 8.40. The van der Waals surface area contributed by atoms with E-state index in [2.05, 4.69) is 17.4 Å². The van der Waals surface area contributed by atoms with Gasteiger partial charge in [0.05, 0.1) is 12.2 Å². The molecule has 1 aliphatic heterocycles. The summed E-state index contributed by atoms with van der Waals surface area (Å²) in [7, 11) is 0. The van der Waals surface area contributed by atoms with Gasteiger partial charge in [0.2, 0.25) is 5.91 Å². The Hall–Kier alpha value is -1.81. The summed E-state index contributed by atoms with van der Waals surface area (Å²) in [4.78, 5) is 11.5. The number of aryl methyl sites for hydroxylation is 1. The van der Waals surface area contributed by atoms with Crippen LogP contribution in [0.1, 0.15) is 36.9 Å². The first-order valence-corrected chi connectivity index (χ1v) is 7.69. The Kier molecular flexibility index (Phi) is 2.82. The van der Waals surface area contributed by atoms with Crippen molar-refractivity contribution in [1.82, 2.24) is 9.78 Å². The number of aromatic nitrogens is 2. The predicted molar refractivity (Wildman–Crippen MR) is 81.6 cm³/mol. The number of rotatable bonds is 2. The number of carbonyl (C=O) groups is 1. The number of hydrogen-bond acceptors (Lipinski definition) is 2. The molecule has 2 aromatic rings. The molecule has 0 atom stereocenters. The largest absolute Gasteiger partial charge is 0.311 e. The summed E-state index contributed by atoms with van der Waals surface area (Å²) in [5.74, 6) is 0.893. The highest BCUT2D eigenvalue weighted by atomic mass is 35.5. The molecule has 1 aliphatic carbocycles. The van der Waals surface area contributed by atoms with Gasteiger partial charge in [-0.15, -0.1) is 0 Å². The third-order valence-corrected chi connectivity index (χ3v) is 4.94. The van der Waals surface area contributed by atoms with Gasteiger partial charge in [0, 0.05) is 22.9 Å². The number of benzene rings is 1. The van der Waals surface area contributed by atoms with Gasteiger partial charge in [-0.05, 0) is 30.5 Å². The van der Waals surface area contributed by atoms with Gasteiger partial charge in [-0.3, -0.25) is 4.79 Å². The van der Waals surface area contributed by atoms with Crippen LogP contribution < -0.4 is 5.32 Å². The van der Waals surface area contributed by atoms with E-state index in [-0.39, 0.29) is 11.3 Å². The maximum Gasteiger partial charge on any atom is 0.227 e. The Morgan fingerprint density at radius 2 is 2.00 bits per heavy atom. The van der Waals surface area contributed by atoms with Crippen molar-refractivity contribution >= 4 is 23.3 Å². The van der Waals surface area contributed by atoms with E-state index in [0.717, 1.165) is 29.4 Å². The smallest absolute Gasteiger partial charge is 0.227 e. The van der Waals surface area contributed by atoms with Crippen LogP contribution in [0.5, 0.6) is 0 Å². The second kappa shape index (κ2) is 4.60. The van der Waals surface area contributed by atoms with Crippen LogP contribution in [0.3, 0.4) is 0 Å². The number of hydrogen-bond donors (Lipinski definition) is 1. The summed E-state index contributed by atoms with van der Waals surface area (Å²) < 4.78 is 1.91. The van der Waals surface area contributed by atoms with Crippen molar-refractivity contribution < 1.29 is 4.79 Å². The lowest BCUT2D eigenvalue weighted by atomic mass is 9.62. The zero-order chi connectivity index (χ0) is 14.4. The number of nitrogens with zero attached hydrogens (tertiary/aromatic N) is 2. The van der Waals surface area contributed by atoms with Crippen molar-refractivity contribution in [3.63, 3.8) is 0 Å². The first kappa shape index (κ1) is 12.9. The monoisotopic (exact) mass is 301 g/mol. The second-order valence-corrected chi connectivity index (χ2v) is 6.32. The number of halogens is 1. The summed E-state index contributed by atoms with van der Waals surface area (Å²) in [6.07, 6.45) is 3.90. The maximum atomic E-state index is 11.5. The van der Waals surface area contributed by atoms with Crippen molar-refractivity contribution in [3.8, 4) is 0 Å². The van der Waals surface area contributed by atoms with Crippen molar-refractivity contribution in [2.75, 3.05) is 5.32 Å². The van der Waals surface area contributed by atoms with E-state index in [9.17, 15) is 4.79 Å². The fourth-order valence-corrected chi connectivity index (χ4v) is 3.45. The minimum Gasteiger partial charge on any atom is -0.311 e. The molecule has 5 heteroatoms. The molecule has 1 saturated carbocycles. The summed E-state index contributed by atoms with van der Waals surface area (Å²) in [5.41, 5.74) is 2.31. The van der Waals surface area contributed by atoms with Crippen molar-refractivity contribution in [2.45, 2.75) is 37.6 Å². The van der Waals surface area contributed by atoms with Gasteiger partial charge in [-0.25, -0.2) is 4.68 Å². The van der Waals surface area contributed by atoms with E-state index in [0.29, 0.717) is 13.0 Å². The normalized spacial score (nSPS) is 19.6. The first-order chi connectivity index (χ1) is 10.2. The van der Waals surface area contributed by atoms with Crippen LogP contribution in [0.2, 0.25) is 5.02 Å². The molecule has 1 aromatic carbocycles. The van der Waals surface area contributed by atoms with Crippen LogP contribution in [0, 0.1) is 0 Å². The molecule has 1 aromatic heterocycles. The van der Waals surface area contributed by atoms with E-state index in [4.69, 9.17) is 16.7 Å². The van der Waals surface area contributed by atoms with Crippen molar-refractivity contribution in [2.24, 2.45) is 0 Å². The van der Waals surface area contributed by atoms with E-state index in [1.54, 1.807) is 0 Å². The molecule has 108 valence electrons. The summed E-state index contributed by atoms with van der Waals surface area (Å²) in [6.45, 7) is 0.665. The molecule has 0 unspecified atom stereocenters. The van der Waals surface area contributed by atoms with Crippen LogP contribution in [0.4, 0.5) is 5.82 Å². The van der Waals surface area contributed by atoms with Crippen LogP contribution in [-0.2, 0) is 16.8 Å². The Morgan fingerprint density at radius 3 is 2.67 bits per heavy atom. The van der Waals surface area contributed by atoms with Gasteiger partial charge >= 0.3 is 0 Å². The van der Waals surface area contributed by atoms with Gasteiger partial charge in [-0.1, -0.05) is 30.2 Å². The Bertz CT molecular complexity index is 701. The SMILES string of the molecule is O=C1CCn2nc(C3(c4ccc(Cl)cc4)CCC3)cc2N1. The molecule has 1 fully saturated rings. The van der Waals surface area contributed by atoms with Gasteiger partial charge < -0.3 is 5.32 Å². The highest BCUT2D eigenvalue weighted by molar-refractivity contribution is 6.30. The minimum atomic E-state index is -0.0142. The fourth-order valence-electron chi connectivity index (χ4n) is 3.33. The Morgan fingerprint density at radius 1 is 1.24 bits per heavy atom. The summed E-state index contributed by atoms with van der Waals surface area (Å²) >= 11 is 6.00. The molecule has 0 saturated heterocycles. The zero-order valence-electron chi connectivity index (χ0n) is 11.6. The van der Waals surface area contributed by atoms with Gasteiger partial charge in [-0.2, -0.15) is 5.10 Å². The third-order valence-electron chi connectivity index (χ3n) is 4.69. The van der Waals surface area contributed by atoms with E-state index < -0.39 is 0 Å². The molecule has 2 aliphatic rings. The Labute approximate surface area is 128 Å². The topological polar surface area (TPSA) is 46.9 Å². The molecular weight excluding hydrogens is 286 g/mol. The second-order valence-electron chi connectivity index (χ2n) is 5.88. The molecular formula is C16H16ClN3O. The number of amides is 1. The van der Waals surface area contributed by atoms with Gasteiger partial charge in [0.25, 0.3) is 0 Å². The minimum absolute atomic E-state index is 0.0142. The van der Waals surface area contributed by atoms with Crippen LogP contribution in [0.25, 0.3) is 0 Å². The molecule has 2 heterocycles. The van der Waals surface area contributed by atoms with Crippen LogP contribution in [-0.4, -0.2) is 15.7 Å². The molecule has 4 nitrogen and oxygen atoms in total. The van der Waals surface area contributed by atoms with E-state index in [1.807, 2.05) is 22.9 Å². The Balaban J connectivity index is 1.76. The standard InChI is InChI=1S/C16H16ClN3O/c17-12-4-2-11(3-5-12)16(7-1-8-16)13-10-14-18-15(21)6-9-20(14)19-13/h2-5,10H,1,6-9H2,(H,18,21). The van der Waals surface area contributed by atoms with Crippen LogP contribution in [0.15, 0.2) is 30.3 Å². The highest BCUT2D eigenvalue weighted by Gasteiger charge is 2.43. The average molecular weight is 302 g/mol. The lowest BCUT2D eigenvalue weighted by molar-refractivity contribution is -0.116. The van der Waals surface area contributed by atoms with Crippen LogP contribution >= 0.6 is 11.6 Å². The lowest BCUT2D eigenvalue weighted by Gasteiger charge is -2.41. The molecule has 0 spiro atoms. The number of nitrogens with one attached hydrogen (secondary N) is 1. The van der Waals surface area contributed by atoms with Gasteiger partial charge in [0.1, 0.15) is 5.82 Å². The van der Waals surface area contributed by atoms with Gasteiger partial charge in [0.15, 0.2) is 0 Å². The van der Waals surface area contributed by atoms with Crippen molar-refractivity contribution in [1.29, 1.82) is 0 Å².